The van der Waals surface area contributed by atoms with Crippen LogP contribution in [-0.4, -0.2) is 20.7 Å². The molecule has 4 aromatic rings. The van der Waals surface area contributed by atoms with Crippen LogP contribution in [0.1, 0.15) is 27.7 Å². The first kappa shape index (κ1) is 22.8. The minimum Gasteiger partial charge on any atom is -0.446 e. The first-order chi connectivity index (χ1) is 16.9. The highest BCUT2D eigenvalue weighted by Gasteiger charge is 2.25. The smallest absolute Gasteiger partial charge is 0.271 e. The number of nitrogens with two attached hydrogens (primary N) is 1. The van der Waals surface area contributed by atoms with E-state index >= 15 is 0 Å². The first-order valence-electron chi connectivity index (χ1n) is 10.6. The molecule has 0 spiro atoms. The summed E-state index contributed by atoms with van der Waals surface area (Å²) in [7, 11) is -3.85. The third-order valence-electron chi connectivity index (χ3n) is 5.44. The van der Waals surface area contributed by atoms with Crippen molar-refractivity contribution in [3.63, 3.8) is 0 Å². The van der Waals surface area contributed by atoms with Crippen LogP contribution in [0.25, 0.3) is 0 Å². The van der Waals surface area contributed by atoms with Crippen molar-refractivity contribution in [2.45, 2.75) is 16.9 Å². The molecule has 1 atom stereocenters. The van der Waals surface area contributed by atoms with E-state index in [-0.39, 0.29) is 16.7 Å². The number of rotatable bonds is 7. The summed E-state index contributed by atoms with van der Waals surface area (Å²) in [4.78, 5) is 18.3. The zero-order valence-electron chi connectivity index (χ0n) is 18.3. The number of nitrogens with zero attached hydrogens (tertiary/aromatic N) is 2. The quantitative estimate of drug-likeness (QED) is 0.344. The number of aliphatic imine (C=N–C) groups is 1. The van der Waals surface area contributed by atoms with E-state index in [1.807, 2.05) is 6.07 Å². The van der Waals surface area contributed by atoms with Crippen molar-refractivity contribution < 1.29 is 17.6 Å². The van der Waals surface area contributed by atoms with Crippen molar-refractivity contribution in [2.24, 2.45) is 10.7 Å². The van der Waals surface area contributed by atoms with Crippen LogP contribution in [0.4, 0.5) is 17.3 Å². The van der Waals surface area contributed by atoms with Crippen molar-refractivity contribution in [1.82, 2.24) is 5.32 Å². The Kier molecular flexibility index (Phi) is 6.12. The lowest BCUT2D eigenvalue weighted by Crippen LogP contribution is -2.35. The zero-order chi connectivity index (χ0) is 24.4. The molecule has 4 N–H and O–H groups in total. The van der Waals surface area contributed by atoms with E-state index < -0.39 is 16.2 Å². The van der Waals surface area contributed by atoms with Gasteiger partial charge in [0.1, 0.15) is 16.7 Å². The number of sulfonamides is 1. The largest absolute Gasteiger partial charge is 0.446 e. The highest BCUT2D eigenvalue weighted by atomic mass is 32.2. The van der Waals surface area contributed by atoms with Gasteiger partial charge in [0.2, 0.25) is 5.88 Å². The minimum atomic E-state index is -3.85. The summed E-state index contributed by atoms with van der Waals surface area (Å²) in [6.45, 7) is 0.0919. The van der Waals surface area contributed by atoms with Crippen molar-refractivity contribution >= 4 is 50.9 Å². The van der Waals surface area contributed by atoms with Gasteiger partial charge in [-0.3, -0.25) is 9.52 Å². The molecule has 0 aliphatic carbocycles. The van der Waals surface area contributed by atoms with Crippen LogP contribution >= 0.6 is 11.3 Å². The van der Waals surface area contributed by atoms with Gasteiger partial charge in [-0.2, -0.15) is 0 Å². The number of carbonyl (C=O) groups excluding carboxylic acids is 1. The fourth-order valence-corrected chi connectivity index (χ4v) is 6.13. The summed E-state index contributed by atoms with van der Waals surface area (Å²) >= 11 is 1.09. The molecule has 0 bridgehead atoms. The van der Waals surface area contributed by atoms with Crippen molar-refractivity contribution in [3.8, 4) is 0 Å². The predicted molar refractivity (Wildman–Crippen MR) is 135 cm³/mol. The molecular formula is C24H21N5O4S2. The molecule has 178 valence electrons. The van der Waals surface area contributed by atoms with Crippen LogP contribution in [0, 0.1) is 0 Å². The number of hydrogen-bond donors (Lipinski definition) is 3. The van der Waals surface area contributed by atoms with E-state index in [4.69, 9.17) is 10.2 Å². The van der Waals surface area contributed by atoms with Gasteiger partial charge in [-0.05, 0) is 53.9 Å². The summed E-state index contributed by atoms with van der Waals surface area (Å²) in [5.74, 6) is 0.204. The number of hydrogen-bond acceptors (Lipinski definition) is 8. The molecule has 1 aliphatic rings. The maximum atomic E-state index is 13.1. The van der Waals surface area contributed by atoms with E-state index in [1.165, 1.54) is 6.26 Å². The summed E-state index contributed by atoms with van der Waals surface area (Å²) in [5, 5.41) is 4.45. The van der Waals surface area contributed by atoms with E-state index in [0.717, 1.165) is 22.6 Å². The molecule has 2 aromatic carbocycles. The molecule has 0 fully saturated rings. The molecule has 5 rings (SSSR count). The Labute approximate surface area is 206 Å². The van der Waals surface area contributed by atoms with Crippen LogP contribution in [0.3, 0.4) is 0 Å². The average molecular weight is 508 g/mol. The Morgan fingerprint density at radius 3 is 2.63 bits per heavy atom. The Hall–Kier alpha value is -3.93. The van der Waals surface area contributed by atoms with Crippen molar-refractivity contribution in [3.05, 3.63) is 95.1 Å². The molecule has 1 amide bonds. The maximum Gasteiger partial charge on any atom is 0.271 e. The van der Waals surface area contributed by atoms with Crippen LogP contribution < -0.4 is 20.7 Å². The highest BCUT2D eigenvalue weighted by Crippen LogP contribution is 2.34. The predicted octanol–water partition coefficient (Wildman–Crippen LogP) is 4.21. The van der Waals surface area contributed by atoms with Gasteiger partial charge in [0.15, 0.2) is 0 Å². The Bertz CT molecular complexity index is 1480. The summed E-state index contributed by atoms with van der Waals surface area (Å²) in [5.41, 5.74) is 9.23. The number of carbonyl (C=O) groups is 1. The lowest BCUT2D eigenvalue weighted by molar-refractivity contribution is 0.0950. The Morgan fingerprint density at radius 1 is 1.09 bits per heavy atom. The number of thiophene rings is 1. The van der Waals surface area contributed by atoms with Gasteiger partial charge in [-0.25, -0.2) is 13.4 Å². The molecular weight excluding hydrogens is 486 g/mol. The number of anilines is 2. The minimum absolute atomic E-state index is 0.0919. The molecule has 9 nitrogen and oxygen atoms in total. The third kappa shape index (κ3) is 4.69. The monoisotopic (exact) mass is 507 g/mol. The van der Waals surface area contributed by atoms with Crippen molar-refractivity contribution in [1.29, 1.82) is 0 Å². The fraction of sp³-hybridized carbons (Fsp3) is 0.0833. The molecule has 1 aliphatic heterocycles. The second-order valence-corrected chi connectivity index (χ2v) is 10.5. The van der Waals surface area contributed by atoms with Gasteiger partial charge in [0.25, 0.3) is 15.9 Å². The maximum absolute atomic E-state index is 13.1. The number of furan rings is 1. The molecule has 35 heavy (non-hydrogen) atoms. The zero-order valence-corrected chi connectivity index (χ0v) is 19.9. The van der Waals surface area contributed by atoms with Gasteiger partial charge in [-0.15, -0.1) is 11.3 Å². The molecule has 0 saturated heterocycles. The van der Waals surface area contributed by atoms with Gasteiger partial charge < -0.3 is 20.4 Å². The van der Waals surface area contributed by atoms with Gasteiger partial charge in [0, 0.05) is 29.0 Å². The lowest BCUT2D eigenvalue weighted by atomic mass is 10.2. The van der Waals surface area contributed by atoms with Gasteiger partial charge >= 0.3 is 0 Å². The van der Waals surface area contributed by atoms with Crippen molar-refractivity contribution in [2.75, 3.05) is 9.62 Å². The fourth-order valence-electron chi connectivity index (χ4n) is 3.66. The number of fused-ring (bicyclic) bond motifs is 1. The van der Waals surface area contributed by atoms with E-state index in [1.54, 1.807) is 77.3 Å². The standard InChI is InChI=1S/C24H21N5O4S2/c25-21-20-10-12-33-23(20)27-15-29(21)19-8-6-18(7-9-19)28-35(31,32)24-17(11-13-34-24)14-26-22(30)16-4-2-1-3-5-16/h1-13,15,21,28H,14,25H2,(H,26,30). The van der Waals surface area contributed by atoms with Crippen LogP contribution in [0.2, 0.25) is 0 Å². The second kappa shape index (κ2) is 9.37. The molecule has 3 heterocycles. The first-order valence-corrected chi connectivity index (χ1v) is 13.0. The molecule has 0 radical (unpaired) electrons. The van der Waals surface area contributed by atoms with E-state index in [2.05, 4.69) is 15.0 Å². The van der Waals surface area contributed by atoms with Crippen LogP contribution in [0.5, 0.6) is 0 Å². The number of amides is 1. The molecule has 1 unspecified atom stereocenters. The topological polar surface area (TPSA) is 130 Å². The molecule has 2 aromatic heterocycles. The highest BCUT2D eigenvalue weighted by molar-refractivity contribution is 7.94. The summed E-state index contributed by atoms with van der Waals surface area (Å²) < 4.78 is 34.2. The molecule has 0 saturated carbocycles. The third-order valence-corrected chi connectivity index (χ3v) is 8.39. The Balaban J connectivity index is 1.27. The van der Waals surface area contributed by atoms with E-state index in [9.17, 15) is 13.2 Å². The summed E-state index contributed by atoms with van der Waals surface area (Å²) in [6.07, 6.45) is 2.65. The van der Waals surface area contributed by atoms with Crippen LogP contribution in [0.15, 0.2) is 92.0 Å². The van der Waals surface area contributed by atoms with Gasteiger partial charge in [0.05, 0.1) is 11.8 Å². The Morgan fingerprint density at radius 2 is 1.86 bits per heavy atom. The number of nitrogens with one attached hydrogen (secondary N) is 2. The lowest BCUT2D eigenvalue weighted by Gasteiger charge is -2.29. The SMILES string of the molecule is NC1c2ccoc2N=CN1c1ccc(NS(=O)(=O)c2sccc2CNC(=O)c2ccccc2)cc1. The molecule has 11 heteroatoms. The number of benzene rings is 2. The summed E-state index contributed by atoms with van der Waals surface area (Å²) in [6, 6.07) is 19.0. The van der Waals surface area contributed by atoms with Crippen LogP contribution in [-0.2, 0) is 16.6 Å². The normalized spacial score (nSPS) is 15.0. The van der Waals surface area contributed by atoms with E-state index in [0.29, 0.717) is 22.7 Å². The second-order valence-electron chi connectivity index (χ2n) is 7.71. The van der Waals surface area contributed by atoms with Gasteiger partial charge in [-0.1, -0.05) is 18.2 Å². The average Bonchev–Trinajstić information content (AvgIpc) is 3.54.